The number of hydrogen-bond acceptors (Lipinski definition) is 8. The molecule has 2 N–H and O–H groups in total. The molecule has 0 bridgehead atoms. The number of nitrogens with one attached hydrogen (secondary N) is 1. The molecule has 1 amide bonds. The van der Waals surface area contributed by atoms with Crippen molar-refractivity contribution in [1.29, 1.82) is 0 Å². The number of hydrogen-bond donors (Lipinski definition) is 2. The van der Waals surface area contributed by atoms with E-state index in [9.17, 15) is 9.90 Å². The number of rotatable bonds is 5. The normalized spacial score (nSPS) is 19.5. The van der Waals surface area contributed by atoms with Crippen LogP contribution in [0.3, 0.4) is 0 Å². The van der Waals surface area contributed by atoms with Crippen LogP contribution in [0.1, 0.15) is 51.1 Å². The number of carbonyl (C=O) groups excluding carboxylic acids is 1. The third-order valence-corrected chi connectivity index (χ3v) is 6.19. The first-order valence-electron chi connectivity index (χ1n) is 11.7. The molecule has 180 valence electrons. The van der Waals surface area contributed by atoms with Crippen LogP contribution in [0, 0.1) is 5.92 Å². The lowest BCUT2D eigenvalue weighted by molar-refractivity contribution is 0.0240. The fraction of sp³-hybridized carbons (Fsp3) is 0.652. The molecule has 1 unspecified atom stereocenters. The number of carbonyl (C=O) groups is 1. The van der Waals surface area contributed by atoms with E-state index in [1.54, 1.807) is 17.3 Å². The summed E-state index contributed by atoms with van der Waals surface area (Å²) in [6.07, 6.45) is 8.29. The summed E-state index contributed by atoms with van der Waals surface area (Å²) in [5.74, 6) is 1.58. The van der Waals surface area contributed by atoms with Gasteiger partial charge in [-0.3, -0.25) is 4.90 Å². The molecule has 2 saturated heterocycles. The van der Waals surface area contributed by atoms with Gasteiger partial charge in [-0.15, -0.1) is 0 Å². The summed E-state index contributed by atoms with van der Waals surface area (Å²) in [6, 6.07) is 0. The van der Waals surface area contributed by atoms with Gasteiger partial charge in [-0.25, -0.2) is 19.7 Å². The van der Waals surface area contributed by atoms with E-state index in [2.05, 4.69) is 29.7 Å². The fourth-order valence-corrected chi connectivity index (χ4v) is 4.36. The molecule has 33 heavy (non-hydrogen) atoms. The van der Waals surface area contributed by atoms with Gasteiger partial charge >= 0.3 is 6.09 Å². The lowest BCUT2D eigenvalue weighted by Gasteiger charge is -2.35. The van der Waals surface area contributed by atoms with E-state index >= 15 is 0 Å². The second-order valence-electron chi connectivity index (χ2n) is 9.88. The Kier molecular flexibility index (Phi) is 7.14. The van der Waals surface area contributed by atoms with Crippen LogP contribution in [0.4, 0.5) is 10.7 Å². The topological polar surface area (TPSA) is 111 Å². The molecule has 0 spiro atoms. The monoisotopic (exact) mass is 457 g/mol. The van der Waals surface area contributed by atoms with E-state index in [4.69, 9.17) is 4.74 Å². The third-order valence-electron chi connectivity index (χ3n) is 6.19. The summed E-state index contributed by atoms with van der Waals surface area (Å²) < 4.78 is 5.46. The quantitative estimate of drug-likeness (QED) is 0.703. The summed E-state index contributed by atoms with van der Waals surface area (Å²) in [6.45, 7) is 10.9. The highest BCUT2D eigenvalue weighted by atomic mass is 16.6. The molecule has 4 heterocycles. The van der Waals surface area contributed by atoms with Crippen molar-refractivity contribution in [3.05, 3.63) is 36.2 Å². The van der Waals surface area contributed by atoms with Crippen LogP contribution in [0.15, 0.2) is 24.8 Å². The van der Waals surface area contributed by atoms with Crippen LogP contribution < -0.4 is 4.90 Å². The molecule has 0 aromatic carbocycles. The maximum Gasteiger partial charge on any atom is 0.410 e. The first-order chi connectivity index (χ1) is 15.8. The first-order valence-corrected chi connectivity index (χ1v) is 11.7. The van der Waals surface area contributed by atoms with Crippen molar-refractivity contribution in [2.24, 2.45) is 5.92 Å². The molecule has 2 aliphatic rings. The SMILES string of the molecule is CC(C)(C)OC(=O)N1CCN(c2ncc(CN3CCC(C(O)c4ncc[nH]4)CC3)cn2)CC1. The number of piperidine rings is 1. The highest BCUT2D eigenvalue weighted by Gasteiger charge is 2.28. The average Bonchev–Trinajstić information content (AvgIpc) is 3.34. The standard InChI is InChI=1S/C23H35N7O3/c1-23(2,3)33-22(32)30-12-10-29(11-13-30)21-26-14-17(15-27-21)16-28-8-4-18(5-9-28)19(31)20-24-6-7-25-20/h6-7,14-15,18-19,31H,4-5,8-13,16H2,1-3H3,(H,24,25). The summed E-state index contributed by atoms with van der Waals surface area (Å²) in [5.41, 5.74) is 0.595. The molecule has 2 aromatic heterocycles. The molecule has 1 atom stereocenters. The highest BCUT2D eigenvalue weighted by Crippen LogP contribution is 2.29. The minimum absolute atomic E-state index is 0.227. The Bertz CT molecular complexity index is 882. The Balaban J connectivity index is 1.22. The zero-order chi connectivity index (χ0) is 23.4. The first kappa shape index (κ1) is 23.4. The Labute approximate surface area is 195 Å². The van der Waals surface area contributed by atoms with Gasteiger partial charge in [-0.2, -0.15) is 0 Å². The van der Waals surface area contributed by atoms with Crippen molar-refractivity contribution in [2.75, 3.05) is 44.2 Å². The predicted octanol–water partition coefficient (Wildman–Crippen LogP) is 2.20. The molecule has 2 aliphatic heterocycles. The lowest BCUT2D eigenvalue weighted by atomic mass is 9.90. The minimum Gasteiger partial charge on any atom is -0.444 e. The summed E-state index contributed by atoms with van der Waals surface area (Å²) in [5, 5.41) is 10.5. The number of likely N-dealkylation sites (tertiary alicyclic amines) is 1. The van der Waals surface area contributed by atoms with Crippen LogP contribution in [-0.4, -0.2) is 85.8 Å². The number of anilines is 1. The summed E-state index contributed by atoms with van der Waals surface area (Å²) in [7, 11) is 0. The molecular formula is C23H35N7O3. The number of aliphatic hydroxyl groups excluding tert-OH is 1. The number of aromatic nitrogens is 4. The van der Waals surface area contributed by atoms with Crippen LogP contribution in [0.2, 0.25) is 0 Å². The van der Waals surface area contributed by atoms with Gasteiger partial charge in [0.05, 0.1) is 0 Å². The van der Waals surface area contributed by atoms with E-state index in [1.165, 1.54) is 0 Å². The van der Waals surface area contributed by atoms with Crippen molar-refractivity contribution >= 4 is 12.0 Å². The smallest absolute Gasteiger partial charge is 0.410 e. The molecule has 0 aliphatic carbocycles. The van der Waals surface area contributed by atoms with Gasteiger partial charge in [-0.1, -0.05) is 0 Å². The Morgan fingerprint density at radius 1 is 1.12 bits per heavy atom. The van der Waals surface area contributed by atoms with Crippen molar-refractivity contribution in [3.8, 4) is 0 Å². The van der Waals surface area contributed by atoms with Gasteiger partial charge < -0.3 is 24.6 Å². The highest BCUT2D eigenvalue weighted by molar-refractivity contribution is 5.68. The average molecular weight is 458 g/mol. The fourth-order valence-electron chi connectivity index (χ4n) is 4.36. The maximum absolute atomic E-state index is 12.2. The third kappa shape index (κ3) is 6.20. The Hall–Kier alpha value is -2.72. The van der Waals surface area contributed by atoms with Gasteiger partial charge in [0, 0.05) is 63.1 Å². The van der Waals surface area contributed by atoms with Gasteiger partial charge in [-0.05, 0) is 52.6 Å². The Morgan fingerprint density at radius 2 is 1.79 bits per heavy atom. The van der Waals surface area contributed by atoms with E-state index in [0.717, 1.165) is 38.0 Å². The number of ether oxygens (including phenoxy) is 1. The molecule has 10 nitrogen and oxygen atoms in total. The minimum atomic E-state index is -0.527. The second kappa shape index (κ2) is 10.0. The number of aromatic amines is 1. The predicted molar refractivity (Wildman–Crippen MR) is 124 cm³/mol. The van der Waals surface area contributed by atoms with Gasteiger partial charge in [0.2, 0.25) is 5.95 Å². The molecule has 2 fully saturated rings. The zero-order valence-corrected chi connectivity index (χ0v) is 19.8. The number of aliphatic hydroxyl groups is 1. The molecule has 0 saturated carbocycles. The van der Waals surface area contributed by atoms with E-state index in [0.29, 0.717) is 38.0 Å². The number of nitrogens with zero attached hydrogens (tertiary/aromatic N) is 6. The molecule has 2 aromatic rings. The number of H-pyrrole nitrogens is 1. The molecular weight excluding hydrogens is 422 g/mol. The van der Waals surface area contributed by atoms with E-state index in [1.807, 2.05) is 33.2 Å². The molecule has 10 heteroatoms. The van der Waals surface area contributed by atoms with Gasteiger partial charge in [0.15, 0.2) is 0 Å². The largest absolute Gasteiger partial charge is 0.444 e. The Morgan fingerprint density at radius 3 is 2.36 bits per heavy atom. The van der Waals surface area contributed by atoms with Gasteiger partial charge in [0.1, 0.15) is 17.5 Å². The number of amides is 1. The van der Waals surface area contributed by atoms with Crippen LogP contribution in [0.25, 0.3) is 0 Å². The maximum atomic E-state index is 12.2. The van der Waals surface area contributed by atoms with Crippen molar-refractivity contribution in [1.82, 2.24) is 29.7 Å². The molecule has 0 radical (unpaired) electrons. The van der Waals surface area contributed by atoms with Crippen LogP contribution >= 0.6 is 0 Å². The number of imidazole rings is 1. The van der Waals surface area contributed by atoms with Gasteiger partial charge in [0.25, 0.3) is 0 Å². The summed E-state index contributed by atoms with van der Waals surface area (Å²) in [4.78, 5) is 34.8. The number of piperazine rings is 1. The van der Waals surface area contributed by atoms with E-state index in [-0.39, 0.29) is 12.0 Å². The van der Waals surface area contributed by atoms with Crippen molar-refractivity contribution < 1.29 is 14.6 Å². The van der Waals surface area contributed by atoms with Crippen molar-refractivity contribution in [2.45, 2.75) is 51.9 Å². The van der Waals surface area contributed by atoms with Crippen LogP contribution in [0.5, 0.6) is 0 Å². The molecule has 4 rings (SSSR count). The summed E-state index contributed by atoms with van der Waals surface area (Å²) >= 11 is 0. The lowest BCUT2D eigenvalue weighted by Crippen LogP contribution is -2.50. The van der Waals surface area contributed by atoms with Crippen LogP contribution in [-0.2, 0) is 11.3 Å². The van der Waals surface area contributed by atoms with E-state index < -0.39 is 11.7 Å². The second-order valence-corrected chi connectivity index (χ2v) is 9.88. The zero-order valence-electron chi connectivity index (χ0n) is 19.8. The van der Waals surface area contributed by atoms with Crippen molar-refractivity contribution in [3.63, 3.8) is 0 Å².